The summed E-state index contributed by atoms with van der Waals surface area (Å²) in [7, 11) is 0. The highest BCUT2D eigenvalue weighted by atomic mass is 32.1. The number of amides is 1. The summed E-state index contributed by atoms with van der Waals surface area (Å²) in [6.07, 6.45) is 0. The first-order chi connectivity index (χ1) is 13.5. The molecule has 0 atom stereocenters. The second-order valence-corrected chi connectivity index (χ2v) is 9.32. The zero-order chi connectivity index (χ0) is 21.5. The Balaban J connectivity index is 1.87. The molecule has 2 heterocycles. The number of nitrogens with one attached hydrogen (secondary N) is 1. The Bertz CT molecular complexity index is 1090. The van der Waals surface area contributed by atoms with E-state index in [9.17, 15) is 23.1 Å². The van der Waals surface area contributed by atoms with Crippen LogP contribution in [-0.4, -0.2) is 21.0 Å². The number of aryl methyl sites for hydroxylation is 1. The molecule has 2 N–H and O–H groups in total. The van der Waals surface area contributed by atoms with Gasteiger partial charge < -0.3 is 10.4 Å². The number of thiazole rings is 2. The summed E-state index contributed by atoms with van der Waals surface area (Å²) in [6, 6.07) is 0.712. The van der Waals surface area contributed by atoms with Crippen LogP contribution in [0.3, 0.4) is 0 Å². The third kappa shape index (κ3) is 4.27. The predicted molar refractivity (Wildman–Crippen MR) is 106 cm³/mol. The lowest BCUT2D eigenvalue weighted by Crippen LogP contribution is -2.34. The van der Waals surface area contributed by atoms with Crippen molar-refractivity contribution in [2.24, 2.45) is 5.41 Å². The quantitative estimate of drug-likeness (QED) is 0.557. The Morgan fingerprint density at radius 1 is 1.21 bits per heavy atom. The summed E-state index contributed by atoms with van der Waals surface area (Å²) < 4.78 is 41.4. The maximum absolute atomic E-state index is 14.1. The Hall–Kier alpha value is -2.46. The van der Waals surface area contributed by atoms with Gasteiger partial charge in [0, 0.05) is 10.8 Å². The van der Waals surface area contributed by atoms with E-state index in [1.54, 1.807) is 12.3 Å². The molecule has 10 heteroatoms. The van der Waals surface area contributed by atoms with Crippen molar-refractivity contribution in [3.05, 3.63) is 39.6 Å². The highest BCUT2D eigenvalue weighted by Gasteiger charge is 2.23. The Labute approximate surface area is 173 Å². The van der Waals surface area contributed by atoms with Gasteiger partial charge in [0.1, 0.15) is 10.0 Å². The number of hydrogen-bond acceptors (Lipinski definition) is 6. The molecule has 0 aliphatic carbocycles. The first kappa shape index (κ1) is 21.3. The molecule has 3 rings (SSSR count). The average molecular weight is 442 g/mol. The lowest BCUT2D eigenvalue weighted by Gasteiger charge is -2.16. The zero-order valence-corrected chi connectivity index (χ0v) is 17.7. The summed E-state index contributed by atoms with van der Waals surface area (Å²) >= 11 is 2.34. The predicted octanol–water partition coefficient (Wildman–Crippen LogP) is 5.03. The molecule has 0 aliphatic rings. The van der Waals surface area contributed by atoms with Gasteiger partial charge in [0.15, 0.2) is 17.4 Å². The molecule has 1 amide bonds. The highest BCUT2D eigenvalue weighted by Crippen LogP contribution is 2.37. The molecule has 154 valence electrons. The van der Waals surface area contributed by atoms with Crippen LogP contribution in [0.15, 0.2) is 11.4 Å². The van der Waals surface area contributed by atoms with Crippen molar-refractivity contribution >= 4 is 28.6 Å². The molecule has 29 heavy (non-hydrogen) atoms. The minimum atomic E-state index is -1.65. The Morgan fingerprint density at radius 3 is 2.55 bits per heavy atom. The largest absolute Gasteiger partial charge is 0.503 e. The fourth-order valence-electron chi connectivity index (χ4n) is 2.43. The summed E-state index contributed by atoms with van der Waals surface area (Å²) in [4.78, 5) is 21.4. The molecular weight excluding hydrogens is 423 g/mol. The standard InChI is InChI=1S/C19H18F3N3O2S2/c1-8-16(29-12(24-8)6-23-18(27)19(2,3)4)11-7-28-17(25-11)9-5-10(20)15(26)14(22)13(9)21/h5,7,26H,6H2,1-4H3,(H,23,27). The van der Waals surface area contributed by atoms with E-state index in [1.165, 1.54) is 11.3 Å². The molecule has 0 bridgehead atoms. The molecule has 0 saturated heterocycles. The number of aromatic hydroxyl groups is 1. The number of phenols is 1. The van der Waals surface area contributed by atoms with E-state index in [2.05, 4.69) is 15.3 Å². The number of benzene rings is 1. The van der Waals surface area contributed by atoms with E-state index in [1.807, 2.05) is 20.8 Å². The number of phenolic OH excluding ortho intramolecular Hbond substituents is 1. The molecule has 0 unspecified atom stereocenters. The van der Waals surface area contributed by atoms with Crippen molar-refractivity contribution in [3.8, 4) is 26.9 Å². The number of carbonyl (C=O) groups excluding carboxylic acids is 1. The second kappa shape index (κ2) is 7.75. The van der Waals surface area contributed by atoms with Crippen LogP contribution < -0.4 is 5.32 Å². The summed E-state index contributed by atoms with van der Waals surface area (Å²) in [6.45, 7) is 7.48. The van der Waals surface area contributed by atoms with E-state index in [0.717, 1.165) is 11.3 Å². The molecule has 2 aromatic heterocycles. The molecular formula is C19H18F3N3O2S2. The van der Waals surface area contributed by atoms with Gasteiger partial charge in [-0.1, -0.05) is 20.8 Å². The first-order valence-corrected chi connectivity index (χ1v) is 10.3. The van der Waals surface area contributed by atoms with E-state index in [0.29, 0.717) is 27.3 Å². The van der Waals surface area contributed by atoms with Crippen LogP contribution in [0.4, 0.5) is 13.2 Å². The zero-order valence-electron chi connectivity index (χ0n) is 16.1. The van der Waals surface area contributed by atoms with Gasteiger partial charge >= 0.3 is 0 Å². The van der Waals surface area contributed by atoms with Gasteiger partial charge in [-0.05, 0) is 13.0 Å². The number of nitrogens with zero attached hydrogens (tertiary/aromatic N) is 2. The van der Waals surface area contributed by atoms with Crippen molar-refractivity contribution in [2.75, 3.05) is 0 Å². The lowest BCUT2D eigenvalue weighted by atomic mass is 9.96. The van der Waals surface area contributed by atoms with E-state index < -0.39 is 28.6 Å². The van der Waals surface area contributed by atoms with Gasteiger partial charge in [-0.25, -0.2) is 18.7 Å². The monoisotopic (exact) mass is 441 g/mol. The SMILES string of the molecule is Cc1nc(CNC(=O)C(C)(C)C)sc1-c1csc(-c2cc(F)c(O)c(F)c2F)n1. The minimum Gasteiger partial charge on any atom is -0.503 e. The molecule has 0 spiro atoms. The number of carbonyl (C=O) groups is 1. The molecule has 0 aliphatic heterocycles. The van der Waals surface area contributed by atoms with E-state index in [-0.39, 0.29) is 23.0 Å². The van der Waals surface area contributed by atoms with Gasteiger partial charge in [0.05, 0.1) is 28.4 Å². The van der Waals surface area contributed by atoms with Crippen LogP contribution in [0.5, 0.6) is 5.75 Å². The molecule has 0 saturated carbocycles. The van der Waals surface area contributed by atoms with Crippen LogP contribution in [0.2, 0.25) is 0 Å². The van der Waals surface area contributed by atoms with Crippen molar-refractivity contribution < 1.29 is 23.1 Å². The number of rotatable bonds is 4. The molecule has 0 fully saturated rings. The van der Waals surface area contributed by atoms with Gasteiger partial charge in [-0.15, -0.1) is 22.7 Å². The number of aromatic nitrogens is 2. The molecule has 3 aromatic rings. The van der Waals surface area contributed by atoms with Crippen LogP contribution in [-0.2, 0) is 11.3 Å². The summed E-state index contributed by atoms with van der Waals surface area (Å²) in [5.74, 6) is -5.74. The van der Waals surface area contributed by atoms with Gasteiger partial charge in [-0.3, -0.25) is 4.79 Å². The van der Waals surface area contributed by atoms with Crippen LogP contribution in [0, 0.1) is 29.8 Å². The topological polar surface area (TPSA) is 75.1 Å². The smallest absolute Gasteiger partial charge is 0.225 e. The fourth-order valence-corrected chi connectivity index (χ4v) is 4.29. The maximum Gasteiger partial charge on any atom is 0.225 e. The van der Waals surface area contributed by atoms with Gasteiger partial charge in [-0.2, -0.15) is 4.39 Å². The van der Waals surface area contributed by atoms with Crippen LogP contribution >= 0.6 is 22.7 Å². The van der Waals surface area contributed by atoms with Crippen molar-refractivity contribution in [1.29, 1.82) is 0 Å². The molecule has 5 nitrogen and oxygen atoms in total. The van der Waals surface area contributed by atoms with E-state index in [4.69, 9.17) is 0 Å². The van der Waals surface area contributed by atoms with Crippen molar-refractivity contribution in [2.45, 2.75) is 34.2 Å². The number of halogens is 3. The Morgan fingerprint density at radius 2 is 1.90 bits per heavy atom. The van der Waals surface area contributed by atoms with Crippen molar-refractivity contribution in [3.63, 3.8) is 0 Å². The van der Waals surface area contributed by atoms with Crippen LogP contribution in [0.1, 0.15) is 31.5 Å². The first-order valence-electron chi connectivity index (χ1n) is 8.56. The third-order valence-corrected chi connectivity index (χ3v) is 6.08. The fraction of sp³-hybridized carbons (Fsp3) is 0.316. The van der Waals surface area contributed by atoms with E-state index >= 15 is 0 Å². The summed E-state index contributed by atoms with van der Waals surface area (Å²) in [5, 5.41) is 14.4. The lowest BCUT2D eigenvalue weighted by molar-refractivity contribution is -0.128. The average Bonchev–Trinajstić information content (AvgIpc) is 3.26. The number of hydrogen-bond donors (Lipinski definition) is 2. The normalized spacial score (nSPS) is 11.7. The van der Waals surface area contributed by atoms with Gasteiger partial charge in [0.25, 0.3) is 0 Å². The minimum absolute atomic E-state index is 0.0747. The van der Waals surface area contributed by atoms with Crippen molar-refractivity contribution in [1.82, 2.24) is 15.3 Å². The van der Waals surface area contributed by atoms with Crippen LogP contribution in [0.25, 0.3) is 21.1 Å². The summed E-state index contributed by atoms with van der Waals surface area (Å²) in [5.41, 5.74) is 0.281. The van der Waals surface area contributed by atoms with Gasteiger partial charge in [0.2, 0.25) is 11.7 Å². The second-order valence-electron chi connectivity index (χ2n) is 7.38. The highest BCUT2D eigenvalue weighted by molar-refractivity contribution is 7.16. The Kier molecular flexibility index (Phi) is 5.68. The third-order valence-electron chi connectivity index (χ3n) is 4.02. The maximum atomic E-state index is 14.1. The molecule has 0 radical (unpaired) electrons. The molecule has 1 aromatic carbocycles.